The van der Waals surface area contributed by atoms with E-state index in [2.05, 4.69) is 53.5 Å². The van der Waals surface area contributed by atoms with E-state index in [0.717, 1.165) is 74.8 Å². The number of nitrogens with zero attached hydrogens (tertiary/aromatic N) is 4. The van der Waals surface area contributed by atoms with Gasteiger partial charge in [-0.05, 0) is 105 Å². The Hall–Kier alpha value is -2.15. The molecule has 41 heavy (non-hydrogen) atoms. The average Bonchev–Trinajstić information content (AvgIpc) is 3.33. The lowest BCUT2D eigenvalue weighted by Crippen LogP contribution is -2.54. The summed E-state index contributed by atoms with van der Waals surface area (Å²) >= 11 is 0. The molecule has 0 aromatic carbocycles. The average molecular weight is 565 g/mol. The van der Waals surface area contributed by atoms with Gasteiger partial charge in [0, 0.05) is 38.2 Å². The van der Waals surface area contributed by atoms with E-state index in [4.69, 9.17) is 4.74 Å². The molecule has 7 heteroatoms. The van der Waals surface area contributed by atoms with Crippen LogP contribution < -0.4 is 9.64 Å². The van der Waals surface area contributed by atoms with Gasteiger partial charge in [0.25, 0.3) is 0 Å². The molecular weight excluding hydrogens is 512 g/mol. The van der Waals surface area contributed by atoms with Gasteiger partial charge in [0.2, 0.25) is 11.8 Å². The smallest absolute Gasteiger partial charge is 0.222 e. The van der Waals surface area contributed by atoms with E-state index >= 15 is 0 Å². The highest BCUT2D eigenvalue weighted by Gasteiger charge is 2.59. The van der Waals surface area contributed by atoms with Gasteiger partial charge in [-0.3, -0.25) is 4.79 Å². The van der Waals surface area contributed by atoms with Gasteiger partial charge in [-0.1, -0.05) is 32.4 Å². The summed E-state index contributed by atoms with van der Waals surface area (Å²) in [6, 6.07) is 2.08. The molecule has 2 heterocycles. The quantitative estimate of drug-likeness (QED) is 0.435. The number of anilines is 1. The summed E-state index contributed by atoms with van der Waals surface area (Å²) in [5.41, 5.74) is 2.27. The molecule has 1 aliphatic heterocycles. The third kappa shape index (κ3) is 5.08. The van der Waals surface area contributed by atoms with E-state index < -0.39 is 0 Å². The molecule has 6 rings (SSSR count). The van der Waals surface area contributed by atoms with Crippen molar-refractivity contribution in [2.24, 2.45) is 40.4 Å². The molecule has 5 aliphatic rings. The van der Waals surface area contributed by atoms with Crippen molar-refractivity contribution in [2.45, 2.75) is 104 Å². The summed E-state index contributed by atoms with van der Waals surface area (Å²) < 4.78 is 5.28. The number of rotatable bonds is 6. The van der Waals surface area contributed by atoms with Crippen molar-refractivity contribution in [1.82, 2.24) is 14.9 Å². The number of piperazine rings is 1. The number of carbonyl (C=O) groups is 1. The molecule has 0 radical (unpaired) electrons. The van der Waals surface area contributed by atoms with Gasteiger partial charge in [0.1, 0.15) is 12.1 Å². The lowest BCUT2D eigenvalue weighted by Gasteiger charge is -2.58. The minimum Gasteiger partial charge on any atom is -0.481 e. The molecule has 0 spiro atoms. The molecule has 4 aliphatic carbocycles. The third-order valence-electron chi connectivity index (χ3n) is 12.8. The maximum absolute atomic E-state index is 13.4. The number of aliphatic hydroxyl groups excluding tert-OH is 1. The van der Waals surface area contributed by atoms with Gasteiger partial charge >= 0.3 is 0 Å². The second-order valence-electron chi connectivity index (χ2n) is 14.7. The van der Waals surface area contributed by atoms with Crippen molar-refractivity contribution in [3.63, 3.8) is 0 Å². The van der Waals surface area contributed by atoms with Crippen molar-refractivity contribution in [2.75, 3.05) is 31.6 Å². The highest BCUT2D eigenvalue weighted by molar-refractivity contribution is 5.76. The van der Waals surface area contributed by atoms with Crippen molar-refractivity contribution in [3.8, 4) is 5.88 Å². The second-order valence-corrected chi connectivity index (χ2v) is 14.7. The van der Waals surface area contributed by atoms with E-state index in [0.29, 0.717) is 35.0 Å². The Morgan fingerprint density at radius 3 is 2.76 bits per heavy atom. The van der Waals surface area contributed by atoms with Gasteiger partial charge in [0.05, 0.1) is 13.2 Å². The van der Waals surface area contributed by atoms with Crippen molar-refractivity contribution in [3.05, 3.63) is 24.0 Å². The minimum atomic E-state index is -0.131. The number of hydrogen-bond donors (Lipinski definition) is 1. The minimum absolute atomic E-state index is 0.131. The molecule has 226 valence electrons. The largest absolute Gasteiger partial charge is 0.481 e. The second kappa shape index (κ2) is 11.2. The molecule has 1 amide bonds. The van der Waals surface area contributed by atoms with E-state index in [9.17, 15) is 9.90 Å². The van der Waals surface area contributed by atoms with Crippen LogP contribution in [0.15, 0.2) is 24.0 Å². The Kier molecular flexibility index (Phi) is 7.88. The number of amides is 1. The van der Waals surface area contributed by atoms with Crippen LogP contribution in [0.4, 0.5) is 5.82 Å². The number of aliphatic hydroxyl groups is 1. The predicted octanol–water partition coefficient (Wildman–Crippen LogP) is 5.88. The van der Waals surface area contributed by atoms with E-state index in [-0.39, 0.29) is 12.1 Å². The topological polar surface area (TPSA) is 78.8 Å². The zero-order valence-corrected chi connectivity index (χ0v) is 26.0. The van der Waals surface area contributed by atoms with Gasteiger partial charge in [-0.15, -0.1) is 0 Å². The maximum atomic E-state index is 13.4. The van der Waals surface area contributed by atoms with Crippen LogP contribution in [0, 0.1) is 40.4 Å². The third-order valence-corrected chi connectivity index (χ3v) is 12.8. The van der Waals surface area contributed by atoms with Crippen LogP contribution in [-0.4, -0.2) is 64.8 Å². The Morgan fingerprint density at radius 2 is 1.98 bits per heavy atom. The monoisotopic (exact) mass is 564 g/mol. The summed E-state index contributed by atoms with van der Waals surface area (Å²) in [5.74, 6) is 5.42. The first-order chi connectivity index (χ1) is 19.6. The molecule has 1 aromatic heterocycles. The lowest BCUT2D eigenvalue weighted by molar-refractivity contribution is -0.132. The Labute approximate surface area is 247 Å². The molecule has 7 nitrogen and oxygen atoms in total. The van der Waals surface area contributed by atoms with Gasteiger partial charge < -0.3 is 19.6 Å². The number of allylic oxidation sites excluding steroid dienone is 1. The van der Waals surface area contributed by atoms with Crippen molar-refractivity contribution >= 4 is 11.7 Å². The Morgan fingerprint density at radius 1 is 1.15 bits per heavy atom. The summed E-state index contributed by atoms with van der Waals surface area (Å²) in [5, 5.41) is 10.3. The molecule has 1 N–H and O–H groups in total. The summed E-state index contributed by atoms with van der Waals surface area (Å²) in [7, 11) is 1.62. The highest BCUT2D eigenvalue weighted by Crippen LogP contribution is 2.67. The first-order valence-corrected chi connectivity index (χ1v) is 16.4. The molecule has 1 aromatic rings. The standard InChI is InChI=1S/C34H52N4O3/c1-22(6-11-32(40)37-16-17-38(23(2)20-37)30-19-31(41-5)36-21-35-30)27-9-10-28-26-8-7-24-18-25(39)12-14-33(24,3)29(26)13-15-34(27,28)4/h7,19,21-23,25-29,39H,6,8-18,20H2,1-5H3/t22?,23?,25-,26-,27+,28-,29-,33-,34+/m0/s1. The Balaban J connectivity index is 1.04. The summed E-state index contributed by atoms with van der Waals surface area (Å²) in [4.78, 5) is 26.3. The van der Waals surface area contributed by atoms with Crippen LogP contribution in [0.25, 0.3) is 0 Å². The van der Waals surface area contributed by atoms with Crippen LogP contribution in [-0.2, 0) is 4.79 Å². The number of ether oxygens (including phenoxy) is 1. The maximum Gasteiger partial charge on any atom is 0.222 e. The van der Waals surface area contributed by atoms with Gasteiger partial charge in [-0.2, -0.15) is 0 Å². The zero-order chi connectivity index (χ0) is 28.9. The molecule has 2 unspecified atom stereocenters. The number of hydrogen-bond acceptors (Lipinski definition) is 6. The van der Waals surface area contributed by atoms with Crippen LogP contribution in [0.3, 0.4) is 0 Å². The zero-order valence-electron chi connectivity index (χ0n) is 26.0. The fourth-order valence-corrected chi connectivity index (χ4v) is 10.5. The van der Waals surface area contributed by atoms with E-state index in [1.165, 1.54) is 32.1 Å². The fraction of sp³-hybridized carbons (Fsp3) is 0.794. The number of aromatic nitrogens is 2. The van der Waals surface area contributed by atoms with Gasteiger partial charge in [-0.25, -0.2) is 9.97 Å². The summed E-state index contributed by atoms with van der Waals surface area (Å²) in [6.45, 7) is 12.0. The first-order valence-electron chi connectivity index (χ1n) is 16.4. The van der Waals surface area contributed by atoms with Crippen molar-refractivity contribution < 1.29 is 14.6 Å². The number of fused-ring (bicyclic) bond motifs is 5. The predicted molar refractivity (Wildman–Crippen MR) is 162 cm³/mol. The fourth-order valence-electron chi connectivity index (χ4n) is 10.5. The van der Waals surface area contributed by atoms with E-state index in [1.807, 2.05) is 6.07 Å². The lowest BCUT2D eigenvalue weighted by atomic mass is 9.47. The molecular formula is C34H52N4O3. The molecule has 4 fully saturated rings. The van der Waals surface area contributed by atoms with Crippen LogP contribution in [0.1, 0.15) is 91.9 Å². The van der Waals surface area contributed by atoms with Gasteiger partial charge in [0.15, 0.2) is 0 Å². The molecule has 0 bridgehead atoms. The normalized spacial score (nSPS) is 39.3. The Bertz CT molecular complexity index is 1160. The summed E-state index contributed by atoms with van der Waals surface area (Å²) in [6.07, 6.45) is 15.2. The molecule has 3 saturated carbocycles. The number of methoxy groups -OCH3 is 1. The van der Waals surface area contributed by atoms with Crippen LogP contribution in [0.5, 0.6) is 5.88 Å². The van der Waals surface area contributed by atoms with Crippen LogP contribution in [0.2, 0.25) is 0 Å². The number of carbonyl (C=O) groups excluding carboxylic acids is 1. The van der Waals surface area contributed by atoms with Crippen LogP contribution >= 0.6 is 0 Å². The van der Waals surface area contributed by atoms with E-state index in [1.54, 1.807) is 19.0 Å². The highest BCUT2D eigenvalue weighted by atomic mass is 16.5. The molecule has 9 atom stereocenters. The molecule has 1 saturated heterocycles. The first kappa shape index (κ1) is 28.9. The van der Waals surface area contributed by atoms with Crippen molar-refractivity contribution in [1.29, 1.82) is 0 Å². The SMILES string of the molecule is COc1cc(N2CCN(C(=O)CCC(C)[C@H]3CC[C@H]4[C@@H]5CC=C6C[C@@H](O)CC[C@]6(C)[C@H]5CC[C@]34C)CC2C)ncn1.